The SMILES string of the molecule is COc1ccc(N2CC(C(=O)Nc3c(C#N)cnn3-c3ccccc3)CC2=O)cc1. The highest BCUT2D eigenvalue weighted by atomic mass is 16.5. The zero-order valence-electron chi connectivity index (χ0n) is 16.3. The third kappa shape index (κ3) is 3.61. The Bertz CT molecular complexity index is 1120. The van der Waals surface area contributed by atoms with Crippen molar-refractivity contribution in [3.05, 3.63) is 66.4 Å². The summed E-state index contributed by atoms with van der Waals surface area (Å²) in [4.78, 5) is 27.0. The van der Waals surface area contributed by atoms with Gasteiger partial charge in [0.25, 0.3) is 0 Å². The number of hydrogen-bond acceptors (Lipinski definition) is 5. The lowest BCUT2D eigenvalue weighted by Crippen LogP contribution is -2.28. The lowest BCUT2D eigenvalue weighted by atomic mass is 10.1. The van der Waals surface area contributed by atoms with Crippen LogP contribution < -0.4 is 15.0 Å². The maximum atomic E-state index is 12.9. The van der Waals surface area contributed by atoms with Crippen molar-refractivity contribution in [2.24, 2.45) is 5.92 Å². The Balaban J connectivity index is 1.53. The number of carbonyl (C=O) groups excluding carboxylic acids is 2. The van der Waals surface area contributed by atoms with Gasteiger partial charge in [0.05, 0.1) is 24.9 Å². The Morgan fingerprint density at radius 2 is 1.90 bits per heavy atom. The van der Waals surface area contributed by atoms with Crippen molar-refractivity contribution >= 4 is 23.3 Å². The van der Waals surface area contributed by atoms with E-state index in [9.17, 15) is 14.9 Å². The molecule has 150 valence electrons. The molecule has 2 heterocycles. The Hall–Kier alpha value is -4.12. The molecular formula is C22H19N5O3. The van der Waals surface area contributed by atoms with Crippen molar-refractivity contribution in [2.45, 2.75) is 6.42 Å². The Morgan fingerprint density at radius 3 is 2.57 bits per heavy atom. The van der Waals surface area contributed by atoms with Crippen LogP contribution in [0, 0.1) is 17.2 Å². The summed E-state index contributed by atoms with van der Waals surface area (Å²) >= 11 is 0. The molecule has 1 aromatic heterocycles. The van der Waals surface area contributed by atoms with Crippen molar-refractivity contribution in [1.29, 1.82) is 5.26 Å². The molecule has 0 spiro atoms. The van der Waals surface area contributed by atoms with E-state index in [0.717, 1.165) is 5.69 Å². The number of nitrogens with zero attached hydrogens (tertiary/aromatic N) is 4. The van der Waals surface area contributed by atoms with Gasteiger partial charge in [-0.3, -0.25) is 9.59 Å². The molecule has 4 rings (SSSR count). The van der Waals surface area contributed by atoms with Crippen LogP contribution in [0.25, 0.3) is 5.69 Å². The van der Waals surface area contributed by atoms with Crippen LogP contribution in [0.5, 0.6) is 5.75 Å². The van der Waals surface area contributed by atoms with E-state index in [-0.39, 0.29) is 30.3 Å². The molecule has 1 aliphatic rings. The predicted octanol–water partition coefficient (Wildman–Crippen LogP) is 2.74. The maximum Gasteiger partial charge on any atom is 0.231 e. The molecule has 1 saturated heterocycles. The van der Waals surface area contributed by atoms with Gasteiger partial charge >= 0.3 is 0 Å². The summed E-state index contributed by atoms with van der Waals surface area (Å²) in [6, 6.07) is 18.4. The van der Waals surface area contributed by atoms with Crippen LogP contribution >= 0.6 is 0 Å². The van der Waals surface area contributed by atoms with Gasteiger partial charge in [-0.15, -0.1) is 0 Å². The predicted molar refractivity (Wildman–Crippen MR) is 110 cm³/mol. The van der Waals surface area contributed by atoms with Crippen LogP contribution in [0.2, 0.25) is 0 Å². The van der Waals surface area contributed by atoms with E-state index < -0.39 is 5.92 Å². The lowest BCUT2D eigenvalue weighted by molar-refractivity contribution is -0.122. The zero-order valence-corrected chi connectivity index (χ0v) is 16.3. The van der Waals surface area contributed by atoms with E-state index in [0.29, 0.717) is 17.3 Å². The molecule has 3 aromatic rings. The molecule has 8 nitrogen and oxygen atoms in total. The minimum atomic E-state index is -0.537. The molecule has 2 amide bonds. The first-order valence-corrected chi connectivity index (χ1v) is 9.39. The highest BCUT2D eigenvalue weighted by Crippen LogP contribution is 2.28. The van der Waals surface area contributed by atoms with Gasteiger partial charge in [-0.25, -0.2) is 4.68 Å². The van der Waals surface area contributed by atoms with Crippen LogP contribution in [0.3, 0.4) is 0 Å². The summed E-state index contributed by atoms with van der Waals surface area (Å²) in [7, 11) is 1.58. The highest BCUT2D eigenvalue weighted by Gasteiger charge is 2.35. The van der Waals surface area contributed by atoms with E-state index in [2.05, 4.69) is 10.4 Å². The average Bonchev–Trinajstić information content (AvgIpc) is 3.37. The largest absolute Gasteiger partial charge is 0.497 e. The summed E-state index contributed by atoms with van der Waals surface area (Å²) in [6.07, 6.45) is 1.51. The summed E-state index contributed by atoms with van der Waals surface area (Å²) in [6.45, 7) is 0.262. The molecule has 0 bridgehead atoms. The number of anilines is 2. The molecule has 1 atom stereocenters. The second-order valence-electron chi connectivity index (χ2n) is 6.86. The van der Waals surface area contributed by atoms with Gasteiger partial charge in [-0.2, -0.15) is 10.4 Å². The number of para-hydroxylation sites is 1. The van der Waals surface area contributed by atoms with E-state index >= 15 is 0 Å². The molecule has 30 heavy (non-hydrogen) atoms. The summed E-state index contributed by atoms with van der Waals surface area (Å²) in [5.74, 6) is -0.00172. The van der Waals surface area contributed by atoms with Crippen molar-refractivity contribution in [3.8, 4) is 17.5 Å². The number of amides is 2. The van der Waals surface area contributed by atoms with Crippen molar-refractivity contribution in [1.82, 2.24) is 9.78 Å². The molecule has 2 aromatic carbocycles. The Morgan fingerprint density at radius 1 is 1.17 bits per heavy atom. The van der Waals surface area contributed by atoms with Gasteiger partial charge in [0.15, 0.2) is 5.82 Å². The van der Waals surface area contributed by atoms with E-state index in [4.69, 9.17) is 4.74 Å². The second-order valence-corrected chi connectivity index (χ2v) is 6.86. The molecule has 8 heteroatoms. The number of ether oxygens (including phenoxy) is 1. The normalized spacial score (nSPS) is 15.7. The zero-order chi connectivity index (χ0) is 21.1. The van der Waals surface area contributed by atoms with Gasteiger partial charge in [0.1, 0.15) is 17.4 Å². The van der Waals surface area contributed by atoms with E-state index in [1.54, 1.807) is 36.3 Å². The summed E-state index contributed by atoms with van der Waals surface area (Å²) in [5.41, 5.74) is 1.68. The number of rotatable bonds is 5. The number of hydrogen-bond donors (Lipinski definition) is 1. The van der Waals surface area contributed by atoms with Crippen LogP contribution in [0.4, 0.5) is 11.5 Å². The molecule has 1 N–H and O–H groups in total. The lowest BCUT2D eigenvalue weighted by Gasteiger charge is -2.17. The van der Waals surface area contributed by atoms with Crippen molar-refractivity contribution in [3.63, 3.8) is 0 Å². The first-order chi connectivity index (χ1) is 14.6. The van der Waals surface area contributed by atoms with Gasteiger partial charge < -0.3 is 15.0 Å². The fraction of sp³-hybridized carbons (Fsp3) is 0.182. The molecule has 0 saturated carbocycles. The van der Waals surface area contributed by atoms with Crippen LogP contribution in [-0.2, 0) is 9.59 Å². The number of nitriles is 1. The molecule has 0 radical (unpaired) electrons. The topological polar surface area (TPSA) is 100 Å². The summed E-state index contributed by atoms with van der Waals surface area (Å²) in [5, 5.41) is 16.4. The molecule has 1 aliphatic heterocycles. The quantitative estimate of drug-likeness (QED) is 0.709. The van der Waals surface area contributed by atoms with Gasteiger partial charge in [-0.05, 0) is 36.4 Å². The molecule has 0 aliphatic carbocycles. The standard InChI is InChI=1S/C22H19N5O3/c1-30-19-9-7-17(8-10-19)26-14-15(11-20(26)28)22(29)25-21-16(12-23)13-24-27(21)18-5-3-2-4-6-18/h2-10,13,15H,11,14H2,1H3,(H,25,29). The average molecular weight is 401 g/mol. The Labute approximate surface area is 173 Å². The molecule has 1 unspecified atom stereocenters. The molecular weight excluding hydrogens is 382 g/mol. The fourth-order valence-electron chi connectivity index (χ4n) is 3.43. The van der Waals surface area contributed by atoms with Crippen molar-refractivity contribution < 1.29 is 14.3 Å². The summed E-state index contributed by atoms with van der Waals surface area (Å²) < 4.78 is 6.65. The number of methoxy groups -OCH3 is 1. The fourth-order valence-corrected chi connectivity index (χ4v) is 3.43. The van der Waals surface area contributed by atoms with E-state index in [1.807, 2.05) is 36.4 Å². The van der Waals surface area contributed by atoms with Crippen LogP contribution in [0.15, 0.2) is 60.8 Å². The number of nitrogens with one attached hydrogen (secondary N) is 1. The van der Waals surface area contributed by atoms with Crippen LogP contribution in [0.1, 0.15) is 12.0 Å². The third-order valence-corrected chi connectivity index (χ3v) is 5.01. The number of aromatic nitrogens is 2. The smallest absolute Gasteiger partial charge is 0.231 e. The highest BCUT2D eigenvalue weighted by molar-refractivity contribution is 6.03. The number of carbonyl (C=O) groups is 2. The van der Waals surface area contributed by atoms with E-state index in [1.165, 1.54) is 10.9 Å². The van der Waals surface area contributed by atoms with Crippen LogP contribution in [-0.4, -0.2) is 35.2 Å². The molecule has 1 fully saturated rings. The number of benzene rings is 2. The second kappa shape index (κ2) is 8.09. The minimum Gasteiger partial charge on any atom is -0.497 e. The van der Waals surface area contributed by atoms with Gasteiger partial charge in [0.2, 0.25) is 11.8 Å². The third-order valence-electron chi connectivity index (χ3n) is 5.01. The first kappa shape index (κ1) is 19.2. The minimum absolute atomic E-state index is 0.0965. The van der Waals surface area contributed by atoms with Gasteiger partial charge in [0, 0.05) is 18.7 Å². The van der Waals surface area contributed by atoms with Crippen molar-refractivity contribution in [2.75, 3.05) is 23.9 Å². The first-order valence-electron chi connectivity index (χ1n) is 9.39. The van der Waals surface area contributed by atoms with Gasteiger partial charge in [-0.1, -0.05) is 18.2 Å². The Kier molecular flexibility index (Phi) is 5.18. The monoisotopic (exact) mass is 401 g/mol. The maximum absolute atomic E-state index is 12.9.